The minimum atomic E-state index is -0.476. The second-order valence-corrected chi connectivity index (χ2v) is 7.88. The number of benzene rings is 2. The highest BCUT2D eigenvalue weighted by molar-refractivity contribution is 6.30. The number of halogens is 1. The summed E-state index contributed by atoms with van der Waals surface area (Å²) in [5.74, 6) is 0.780. The molecule has 0 aliphatic heterocycles. The third-order valence-electron chi connectivity index (χ3n) is 5.38. The fourth-order valence-corrected chi connectivity index (χ4v) is 4.14. The monoisotopic (exact) mass is 477 g/mol. The standard InChI is InChI=1S/C24H22ClN5O2.C2H6/c1-14-11-18(25)9-10-19(14)21(17-7-5-4-6-8-17)22(32-13-31)16(3)30-24-20(15(2)29-30)23(26)27-12-28-24;1-2/h4-13,16H,1-3H3,(H2,26,27,28);1-2H3/b22-21-;. The molecule has 0 bridgehead atoms. The molecular formula is C26H28ClN5O2. The Morgan fingerprint density at radius 2 is 1.82 bits per heavy atom. The quantitative estimate of drug-likeness (QED) is 0.274. The summed E-state index contributed by atoms with van der Waals surface area (Å²) in [5, 5.41) is 5.95. The van der Waals surface area contributed by atoms with Gasteiger partial charge in [0.2, 0.25) is 0 Å². The Hall–Kier alpha value is -3.71. The molecule has 0 aliphatic carbocycles. The molecule has 8 heteroatoms. The van der Waals surface area contributed by atoms with Crippen LogP contribution < -0.4 is 5.73 Å². The maximum Gasteiger partial charge on any atom is 0.298 e. The first kappa shape index (κ1) is 24.9. The van der Waals surface area contributed by atoms with Crippen molar-refractivity contribution in [3.63, 3.8) is 0 Å². The van der Waals surface area contributed by atoms with Crippen molar-refractivity contribution in [2.75, 3.05) is 5.73 Å². The third-order valence-corrected chi connectivity index (χ3v) is 5.62. The number of aryl methyl sites for hydroxylation is 2. The molecule has 0 radical (unpaired) electrons. The van der Waals surface area contributed by atoms with E-state index in [1.165, 1.54) is 6.33 Å². The largest absolute Gasteiger partial charge is 0.430 e. The van der Waals surface area contributed by atoms with Crippen LogP contribution in [0.5, 0.6) is 0 Å². The molecule has 0 spiro atoms. The second-order valence-electron chi connectivity index (χ2n) is 7.44. The number of hydrogen-bond donors (Lipinski definition) is 1. The first-order valence-corrected chi connectivity index (χ1v) is 11.4. The summed E-state index contributed by atoms with van der Waals surface area (Å²) in [6, 6.07) is 14.9. The fraction of sp³-hybridized carbons (Fsp3) is 0.231. The molecule has 0 saturated heterocycles. The zero-order chi connectivity index (χ0) is 24.8. The van der Waals surface area contributed by atoms with Gasteiger partial charge in [-0.1, -0.05) is 61.8 Å². The molecule has 1 atom stereocenters. The number of ether oxygens (including phenoxy) is 1. The number of nitrogens with two attached hydrogens (primary N) is 1. The highest BCUT2D eigenvalue weighted by Crippen LogP contribution is 2.36. The van der Waals surface area contributed by atoms with Gasteiger partial charge in [-0.25, -0.2) is 14.6 Å². The van der Waals surface area contributed by atoms with Crippen LogP contribution in [0.25, 0.3) is 16.6 Å². The van der Waals surface area contributed by atoms with Crippen LogP contribution >= 0.6 is 11.6 Å². The third kappa shape index (κ3) is 4.79. The molecule has 1 unspecified atom stereocenters. The van der Waals surface area contributed by atoms with Crippen molar-refractivity contribution < 1.29 is 9.53 Å². The number of anilines is 1. The predicted octanol–water partition coefficient (Wildman–Crippen LogP) is 5.90. The summed E-state index contributed by atoms with van der Waals surface area (Å²) < 4.78 is 7.34. The normalized spacial score (nSPS) is 12.4. The zero-order valence-corrected chi connectivity index (χ0v) is 20.7. The van der Waals surface area contributed by atoms with Crippen LogP contribution in [0, 0.1) is 13.8 Å². The summed E-state index contributed by atoms with van der Waals surface area (Å²) in [6.45, 7) is 10.1. The zero-order valence-electron chi connectivity index (χ0n) is 19.9. The first-order valence-electron chi connectivity index (χ1n) is 11.0. The van der Waals surface area contributed by atoms with Crippen LogP contribution in [0.3, 0.4) is 0 Å². The Morgan fingerprint density at radius 1 is 1.12 bits per heavy atom. The lowest BCUT2D eigenvalue weighted by Crippen LogP contribution is -2.15. The highest BCUT2D eigenvalue weighted by Gasteiger charge is 2.25. The number of allylic oxidation sites excluding steroid dienone is 1. The molecule has 0 fully saturated rings. The van der Waals surface area contributed by atoms with E-state index in [4.69, 9.17) is 22.1 Å². The van der Waals surface area contributed by atoms with Gasteiger partial charge >= 0.3 is 0 Å². The van der Waals surface area contributed by atoms with Gasteiger partial charge in [0.15, 0.2) is 5.65 Å². The Balaban J connectivity index is 0.00000158. The van der Waals surface area contributed by atoms with E-state index in [9.17, 15) is 4.79 Å². The van der Waals surface area contributed by atoms with Crippen LogP contribution in [0.1, 0.15) is 49.2 Å². The van der Waals surface area contributed by atoms with Gasteiger partial charge in [-0.15, -0.1) is 0 Å². The van der Waals surface area contributed by atoms with Gasteiger partial charge < -0.3 is 10.5 Å². The van der Waals surface area contributed by atoms with Crippen LogP contribution in [-0.4, -0.2) is 26.2 Å². The van der Waals surface area contributed by atoms with Crippen molar-refractivity contribution in [2.24, 2.45) is 0 Å². The van der Waals surface area contributed by atoms with Crippen molar-refractivity contribution >= 4 is 40.5 Å². The van der Waals surface area contributed by atoms with Gasteiger partial charge in [0.1, 0.15) is 23.9 Å². The Morgan fingerprint density at radius 3 is 2.47 bits per heavy atom. The first-order chi connectivity index (χ1) is 16.4. The van der Waals surface area contributed by atoms with E-state index in [0.29, 0.717) is 39.8 Å². The molecule has 4 aromatic rings. The molecule has 34 heavy (non-hydrogen) atoms. The van der Waals surface area contributed by atoms with E-state index in [1.807, 2.05) is 83.1 Å². The molecule has 2 heterocycles. The molecule has 2 aromatic heterocycles. The summed E-state index contributed by atoms with van der Waals surface area (Å²) >= 11 is 6.21. The summed E-state index contributed by atoms with van der Waals surface area (Å²) in [4.78, 5) is 20.1. The average Bonchev–Trinajstić information content (AvgIpc) is 3.19. The summed E-state index contributed by atoms with van der Waals surface area (Å²) in [5.41, 5.74) is 10.8. The SMILES string of the molecule is CC.Cc1cc(Cl)ccc1/C(=C(\OC=O)C(C)n1nc(C)c2c(N)ncnc21)c1ccccc1. The van der Waals surface area contributed by atoms with Crippen LogP contribution in [0.4, 0.5) is 5.82 Å². The number of carbonyl (C=O) groups excluding carboxylic acids is 1. The Bertz CT molecular complexity index is 1330. The van der Waals surface area contributed by atoms with Crippen molar-refractivity contribution in [1.29, 1.82) is 0 Å². The smallest absolute Gasteiger partial charge is 0.298 e. The second kappa shape index (κ2) is 10.9. The number of hydrogen-bond acceptors (Lipinski definition) is 6. The van der Waals surface area contributed by atoms with E-state index in [1.54, 1.807) is 4.68 Å². The van der Waals surface area contributed by atoms with Gasteiger partial charge in [0.25, 0.3) is 6.47 Å². The van der Waals surface area contributed by atoms with E-state index in [2.05, 4.69) is 15.1 Å². The van der Waals surface area contributed by atoms with Crippen molar-refractivity contribution in [3.8, 4) is 0 Å². The number of nitrogens with zero attached hydrogens (tertiary/aromatic N) is 4. The molecule has 2 N–H and O–H groups in total. The van der Waals surface area contributed by atoms with Crippen molar-refractivity contribution in [2.45, 2.75) is 40.7 Å². The fourth-order valence-electron chi connectivity index (χ4n) is 3.91. The molecule has 176 valence electrons. The minimum absolute atomic E-state index is 0.351. The van der Waals surface area contributed by atoms with Crippen LogP contribution in [0.15, 0.2) is 60.6 Å². The van der Waals surface area contributed by atoms with E-state index >= 15 is 0 Å². The van der Waals surface area contributed by atoms with Gasteiger partial charge in [0, 0.05) is 10.6 Å². The van der Waals surface area contributed by atoms with Gasteiger partial charge in [0.05, 0.1) is 11.1 Å². The number of fused-ring (bicyclic) bond motifs is 1. The van der Waals surface area contributed by atoms with Crippen LogP contribution in [-0.2, 0) is 9.53 Å². The summed E-state index contributed by atoms with van der Waals surface area (Å²) in [7, 11) is 0. The molecule has 0 aliphatic rings. The molecule has 2 aromatic carbocycles. The average molecular weight is 478 g/mol. The molecule has 0 amide bonds. The topological polar surface area (TPSA) is 95.9 Å². The van der Waals surface area contributed by atoms with Gasteiger partial charge in [-0.2, -0.15) is 5.10 Å². The van der Waals surface area contributed by atoms with E-state index < -0.39 is 6.04 Å². The Labute approximate surface area is 204 Å². The van der Waals surface area contributed by atoms with E-state index in [0.717, 1.165) is 22.3 Å². The minimum Gasteiger partial charge on any atom is -0.430 e. The molecular weight excluding hydrogens is 450 g/mol. The Kier molecular flexibility index (Phi) is 8.02. The number of rotatable bonds is 6. The maximum atomic E-state index is 11.6. The molecule has 4 rings (SSSR count). The van der Waals surface area contributed by atoms with Crippen LogP contribution in [0.2, 0.25) is 5.02 Å². The number of nitrogen functional groups attached to an aromatic ring is 1. The lowest BCUT2D eigenvalue weighted by atomic mass is 9.91. The van der Waals surface area contributed by atoms with Crippen molar-refractivity contribution in [1.82, 2.24) is 19.7 Å². The van der Waals surface area contributed by atoms with E-state index in [-0.39, 0.29) is 0 Å². The van der Waals surface area contributed by atoms with Gasteiger partial charge in [-0.05, 0) is 49.6 Å². The van der Waals surface area contributed by atoms with Gasteiger partial charge in [-0.3, -0.25) is 4.79 Å². The summed E-state index contributed by atoms with van der Waals surface area (Å²) in [6.07, 6.45) is 1.40. The molecule has 7 nitrogen and oxygen atoms in total. The molecule has 0 saturated carbocycles. The number of aromatic nitrogens is 4. The maximum absolute atomic E-state index is 11.6. The van der Waals surface area contributed by atoms with Crippen molar-refractivity contribution in [3.05, 3.63) is 88.0 Å². The predicted molar refractivity (Wildman–Crippen MR) is 136 cm³/mol. The lowest BCUT2D eigenvalue weighted by molar-refractivity contribution is -0.125. The lowest BCUT2D eigenvalue weighted by Gasteiger charge is -2.21. The number of carbonyl (C=O) groups is 1. The highest BCUT2D eigenvalue weighted by atomic mass is 35.5.